The lowest BCUT2D eigenvalue weighted by Gasteiger charge is -2.57. The van der Waals surface area contributed by atoms with Crippen molar-refractivity contribution in [2.75, 3.05) is 0 Å². The summed E-state index contributed by atoms with van der Waals surface area (Å²) >= 11 is 0. The number of hydrogen-bond donors (Lipinski definition) is 1. The second-order valence-corrected chi connectivity index (χ2v) is 6.68. The van der Waals surface area contributed by atoms with Crippen LogP contribution < -0.4 is 0 Å². The SMILES string of the molecule is O[C@H](CC12CC3CC(CC(C3)C1)C2)C(F)(F)F. The fourth-order valence-electron chi connectivity index (χ4n) is 5.07. The van der Waals surface area contributed by atoms with Gasteiger partial charge in [0.05, 0.1) is 0 Å². The first kappa shape index (κ1) is 11.8. The molecule has 0 saturated heterocycles. The van der Waals surface area contributed by atoms with E-state index in [0.29, 0.717) is 17.8 Å². The van der Waals surface area contributed by atoms with Gasteiger partial charge in [0.2, 0.25) is 0 Å². The number of halogens is 3. The maximum atomic E-state index is 12.5. The van der Waals surface area contributed by atoms with Crippen molar-refractivity contribution in [3.63, 3.8) is 0 Å². The van der Waals surface area contributed by atoms with Crippen molar-refractivity contribution >= 4 is 0 Å². The minimum Gasteiger partial charge on any atom is -0.384 e. The van der Waals surface area contributed by atoms with E-state index in [-0.39, 0.29) is 11.8 Å². The van der Waals surface area contributed by atoms with E-state index in [4.69, 9.17) is 0 Å². The van der Waals surface area contributed by atoms with Crippen LogP contribution in [-0.2, 0) is 0 Å². The zero-order chi connectivity index (χ0) is 12.3. The number of rotatable bonds is 2. The molecule has 17 heavy (non-hydrogen) atoms. The minimum absolute atomic E-state index is 0.0556. The summed E-state index contributed by atoms with van der Waals surface area (Å²) in [5, 5.41) is 9.32. The average Bonchev–Trinajstić information content (AvgIpc) is 2.12. The Hall–Kier alpha value is -0.250. The molecule has 98 valence electrons. The Kier molecular flexibility index (Phi) is 2.52. The van der Waals surface area contributed by atoms with Crippen LogP contribution in [0.1, 0.15) is 44.9 Å². The maximum Gasteiger partial charge on any atom is 0.414 e. The smallest absolute Gasteiger partial charge is 0.384 e. The molecule has 0 amide bonds. The van der Waals surface area contributed by atoms with Crippen molar-refractivity contribution in [2.24, 2.45) is 23.2 Å². The standard InChI is InChI=1S/C13H19F3O/c14-13(15,16)11(17)7-12-4-8-1-9(5-12)3-10(2-8)6-12/h8-11,17H,1-7H2/t8?,9?,10?,11-,12?/m1/s1. The van der Waals surface area contributed by atoms with Gasteiger partial charge in [0, 0.05) is 0 Å². The van der Waals surface area contributed by atoms with Crippen molar-refractivity contribution in [1.29, 1.82) is 0 Å². The molecule has 4 rings (SSSR count). The largest absolute Gasteiger partial charge is 0.414 e. The van der Waals surface area contributed by atoms with E-state index in [0.717, 1.165) is 19.3 Å². The average molecular weight is 248 g/mol. The van der Waals surface area contributed by atoms with Crippen molar-refractivity contribution < 1.29 is 18.3 Å². The van der Waals surface area contributed by atoms with Crippen LogP contribution in [0.25, 0.3) is 0 Å². The fraction of sp³-hybridized carbons (Fsp3) is 1.00. The summed E-state index contributed by atoms with van der Waals surface area (Å²) in [6.07, 6.45) is -0.170. The number of hydrogen-bond acceptors (Lipinski definition) is 1. The molecule has 4 bridgehead atoms. The van der Waals surface area contributed by atoms with Crippen molar-refractivity contribution in [1.82, 2.24) is 0 Å². The molecule has 0 spiro atoms. The third-order valence-electron chi connectivity index (χ3n) is 5.17. The molecule has 4 aliphatic carbocycles. The van der Waals surface area contributed by atoms with E-state index < -0.39 is 12.3 Å². The Morgan fingerprint density at radius 2 is 1.41 bits per heavy atom. The number of aliphatic hydroxyl groups is 1. The molecule has 1 atom stereocenters. The zero-order valence-electron chi connectivity index (χ0n) is 9.84. The third-order valence-corrected chi connectivity index (χ3v) is 5.17. The third kappa shape index (κ3) is 2.09. The van der Waals surface area contributed by atoms with Crippen molar-refractivity contribution in [3.8, 4) is 0 Å². The van der Waals surface area contributed by atoms with Gasteiger partial charge in [0.25, 0.3) is 0 Å². The van der Waals surface area contributed by atoms with E-state index >= 15 is 0 Å². The van der Waals surface area contributed by atoms with Crippen molar-refractivity contribution in [3.05, 3.63) is 0 Å². The van der Waals surface area contributed by atoms with Crippen LogP contribution in [0.5, 0.6) is 0 Å². The maximum absolute atomic E-state index is 12.5. The molecule has 4 fully saturated rings. The molecule has 4 saturated carbocycles. The molecule has 0 aromatic rings. The van der Waals surface area contributed by atoms with Gasteiger partial charge in [-0.15, -0.1) is 0 Å². The lowest BCUT2D eigenvalue weighted by atomic mass is 9.48. The molecule has 4 heteroatoms. The second kappa shape index (κ2) is 3.62. The monoisotopic (exact) mass is 248 g/mol. The van der Waals surface area contributed by atoms with Gasteiger partial charge in [-0.3, -0.25) is 0 Å². The Morgan fingerprint density at radius 3 is 1.76 bits per heavy atom. The Bertz CT molecular complexity index is 275. The number of aliphatic hydroxyl groups excluding tert-OH is 1. The Labute approximate surface area is 99.4 Å². The van der Waals surface area contributed by atoms with E-state index in [9.17, 15) is 18.3 Å². The lowest BCUT2D eigenvalue weighted by Crippen LogP contribution is -2.48. The minimum atomic E-state index is -4.44. The van der Waals surface area contributed by atoms with Gasteiger partial charge in [-0.25, -0.2) is 0 Å². The highest BCUT2D eigenvalue weighted by Crippen LogP contribution is 2.62. The molecule has 0 radical (unpaired) electrons. The topological polar surface area (TPSA) is 20.2 Å². The summed E-state index contributed by atoms with van der Waals surface area (Å²) in [5.74, 6) is 1.92. The quantitative estimate of drug-likeness (QED) is 0.792. The van der Waals surface area contributed by atoms with Gasteiger partial charge in [-0.05, 0) is 68.1 Å². The zero-order valence-corrected chi connectivity index (χ0v) is 9.84. The highest BCUT2D eigenvalue weighted by atomic mass is 19.4. The molecule has 0 aromatic heterocycles. The van der Waals surface area contributed by atoms with Crippen LogP contribution >= 0.6 is 0 Å². The van der Waals surface area contributed by atoms with E-state index in [1.807, 2.05) is 0 Å². The summed E-state index contributed by atoms with van der Waals surface area (Å²) in [5.41, 5.74) is -0.191. The van der Waals surface area contributed by atoms with Crippen LogP contribution in [0.2, 0.25) is 0 Å². The molecule has 1 N–H and O–H groups in total. The van der Waals surface area contributed by atoms with Gasteiger partial charge in [0.1, 0.15) is 6.10 Å². The van der Waals surface area contributed by atoms with E-state index in [1.165, 1.54) is 19.3 Å². The molecule has 0 heterocycles. The van der Waals surface area contributed by atoms with Crippen LogP contribution in [0.3, 0.4) is 0 Å². The summed E-state index contributed by atoms with van der Waals surface area (Å²) in [4.78, 5) is 0. The van der Waals surface area contributed by atoms with Gasteiger partial charge in [-0.2, -0.15) is 13.2 Å². The lowest BCUT2D eigenvalue weighted by molar-refractivity contribution is -0.221. The van der Waals surface area contributed by atoms with E-state index in [1.54, 1.807) is 0 Å². The Balaban J connectivity index is 1.74. The second-order valence-electron chi connectivity index (χ2n) is 6.68. The van der Waals surface area contributed by atoms with Crippen LogP contribution in [0.4, 0.5) is 13.2 Å². The highest BCUT2D eigenvalue weighted by molar-refractivity contribution is 5.02. The fourth-order valence-corrected chi connectivity index (χ4v) is 5.07. The Morgan fingerprint density at radius 1 is 1.00 bits per heavy atom. The van der Waals surface area contributed by atoms with Crippen molar-refractivity contribution in [2.45, 2.75) is 57.2 Å². The van der Waals surface area contributed by atoms with E-state index in [2.05, 4.69) is 0 Å². The molecular formula is C13H19F3O. The first-order chi connectivity index (χ1) is 7.86. The first-order valence-electron chi connectivity index (χ1n) is 6.61. The molecule has 0 aliphatic heterocycles. The summed E-state index contributed by atoms with van der Waals surface area (Å²) in [6.45, 7) is 0. The highest BCUT2D eigenvalue weighted by Gasteiger charge is 2.53. The van der Waals surface area contributed by atoms with Gasteiger partial charge in [0.15, 0.2) is 0 Å². The number of alkyl halides is 3. The molecule has 4 aliphatic rings. The molecule has 1 nitrogen and oxygen atoms in total. The normalized spacial score (nSPS) is 46.2. The summed E-state index contributed by atoms with van der Waals surface area (Å²) < 4.78 is 37.5. The summed E-state index contributed by atoms with van der Waals surface area (Å²) in [6, 6.07) is 0. The van der Waals surface area contributed by atoms with Crippen LogP contribution in [0, 0.1) is 23.2 Å². The summed E-state index contributed by atoms with van der Waals surface area (Å²) in [7, 11) is 0. The van der Waals surface area contributed by atoms with Crippen LogP contribution in [0.15, 0.2) is 0 Å². The van der Waals surface area contributed by atoms with Crippen LogP contribution in [-0.4, -0.2) is 17.4 Å². The first-order valence-corrected chi connectivity index (χ1v) is 6.61. The predicted octanol–water partition coefficient (Wildman–Crippen LogP) is 3.52. The predicted molar refractivity (Wildman–Crippen MR) is 57.3 cm³/mol. The van der Waals surface area contributed by atoms with Gasteiger partial charge < -0.3 is 5.11 Å². The van der Waals surface area contributed by atoms with Gasteiger partial charge in [-0.1, -0.05) is 0 Å². The molecular weight excluding hydrogens is 229 g/mol. The van der Waals surface area contributed by atoms with Gasteiger partial charge >= 0.3 is 6.18 Å². The molecule has 0 unspecified atom stereocenters. The molecule has 0 aromatic carbocycles.